The van der Waals surface area contributed by atoms with E-state index in [1.54, 1.807) is 36.4 Å². The van der Waals surface area contributed by atoms with Crippen LogP contribution in [-0.2, 0) is 4.79 Å². The van der Waals surface area contributed by atoms with Crippen molar-refractivity contribution in [3.8, 4) is 11.5 Å². The van der Waals surface area contributed by atoms with Crippen molar-refractivity contribution >= 4 is 51.1 Å². The number of esters is 1. The summed E-state index contributed by atoms with van der Waals surface area (Å²) in [6.45, 7) is -0.272. The fraction of sp³-hybridized carbons (Fsp3) is 0.0500. The first-order chi connectivity index (χ1) is 12.6. The number of hydrogen-bond donors (Lipinski definition) is 0. The molecule has 0 amide bonds. The van der Waals surface area contributed by atoms with E-state index in [1.165, 1.54) is 0 Å². The normalized spacial score (nSPS) is 11.0. The standard InChI is InChI=1S/C20H12Cl2O4/c21-12-5-7-19(16(22)9-12)24-11-20(23)25-13-6-8-18-15(10-13)14-3-1-2-4-17(14)26-18/h1-10H,11H2. The highest BCUT2D eigenvalue weighted by Gasteiger charge is 2.11. The van der Waals surface area contributed by atoms with Crippen molar-refractivity contribution in [1.29, 1.82) is 0 Å². The van der Waals surface area contributed by atoms with Gasteiger partial charge in [0, 0.05) is 15.8 Å². The quantitative estimate of drug-likeness (QED) is 0.324. The van der Waals surface area contributed by atoms with E-state index >= 15 is 0 Å². The first kappa shape index (κ1) is 16.8. The van der Waals surface area contributed by atoms with Crippen molar-refractivity contribution in [2.75, 3.05) is 6.61 Å². The van der Waals surface area contributed by atoms with Crippen molar-refractivity contribution in [2.45, 2.75) is 0 Å². The molecule has 0 atom stereocenters. The lowest BCUT2D eigenvalue weighted by Crippen LogP contribution is -2.17. The molecule has 0 radical (unpaired) electrons. The second-order valence-corrected chi connectivity index (χ2v) is 6.44. The Hall–Kier alpha value is -2.69. The van der Waals surface area contributed by atoms with E-state index in [1.807, 2.05) is 24.3 Å². The van der Waals surface area contributed by atoms with Crippen LogP contribution in [0.1, 0.15) is 0 Å². The van der Waals surface area contributed by atoms with Gasteiger partial charge in [-0.1, -0.05) is 41.4 Å². The van der Waals surface area contributed by atoms with Gasteiger partial charge in [0.15, 0.2) is 6.61 Å². The van der Waals surface area contributed by atoms with Crippen molar-refractivity contribution < 1.29 is 18.7 Å². The fourth-order valence-corrected chi connectivity index (χ4v) is 3.12. The maximum atomic E-state index is 12.1. The van der Waals surface area contributed by atoms with Gasteiger partial charge in [-0.25, -0.2) is 4.79 Å². The zero-order valence-electron chi connectivity index (χ0n) is 13.4. The van der Waals surface area contributed by atoms with E-state index in [0.717, 1.165) is 21.9 Å². The number of furan rings is 1. The predicted octanol–water partition coefficient (Wildman–Crippen LogP) is 5.88. The molecule has 0 aliphatic rings. The van der Waals surface area contributed by atoms with Gasteiger partial charge < -0.3 is 13.9 Å². The number of hydrogen-bond acceptors (Lipinski definition) is 4. The van der Waals surface area contributed by atoms with E-state index < -0.39 is 5.97 Å². The van der Waals surface area contributed by atoms with Crippen molar-refractivity contribution in [1.82, 2.24) is 0 Å². The topological polar surface area (TPSA) is 48.7 Å². The highest BCUT2D eigenvalue weighted by Crippen LogP contribution is 2.31. The van der Waals surface area contributed by atoms with Gasteiger partial charge in [-0.05, 0) is 42.5 Å². The second kappa shape index (κ2) is 6.90. The molecule has 4 nitrogen and oxygen atoms in total. The molecule has 3 aromatic carbocycles. The summed E-state index contributed by atoms with van der Waals surface area (Å²) in [5.41, 5.74) is 1.52. The van der Waals surface area contributed by atoms with Crippen molar-refractivity contribution in [3.63, 3.8) is 0 Å². The molecule has 1 aromatic heterocycles. The molecule has 4 rings (SSSR count). The fourth-order valence-electron chi connectivity index (χ4n) is 2.66. The minimum Gasteiger partial charge on any atom is -0.480 e. The minimum absolute atomic E-state index is 0.272. The molecule has 0 unspecified atom stereocenters. The largest absolute Gasteiger partial charge is 0.480 e. The average Bonchev–Trinajstić information content (AvgIpc) is 2.99. The molecule has 0 N–H and O–H groups in total. The SMILES string of the molecule is O=C(COc1ccc(Cl)cc1Cl)Oc1ccc2oc3ccccc3c2c1. The number of para-hydroxylation sites is 1. The van der Waals surface area contributed by atoms with Gasteiger partial charge in [-0.15, -0.1) is 0 Å². The summed E-state index contributed by atoms with van der Waals surface area (Å²) in [5, 5.41) is 2.67. The summed E-state index contributed by atoms with van der Waals surface area (Å²) in [6, 6.07) is 17.7. The zero-order valence-corrected chi connectivity index (χ0v) is 14.9. The van der Waals surface area contributed by atoms with E-state index in [-0.39, 0.29) is 6.61 Å². The molecule has 0 bridgehead atoms. The van der Waals surface area contributed by atoms with Crippen LogP contribution in [0.25, 0.3) is 21.9 Å². The van der Waals surface area contributed by atoms with Gasteiger partial charge in [0.05, 0.1) is 5.02 Å². The number of halogens is 2. The Bertz CT molecular complexity index is 1120. The summed E-state index contributed by atoms with van der Waals surface area (Å²) in [6.07, 6.45) is 0. The van der Waals surface area contributed by atoms with Crippen molar-refractivity contribution in [3.05, 3.63) is 70.7 Å². The van der Waals surface area contributed by atoms with Crippen LogP contribution in [0.5, 0.6) is 11.5 Å². The molecule has 130 valence electrons. The van der Waals surface area contributed by atoms with Crippen molar-refractivity contribution in [2.24, 2.45) is 0 Å². The van der Waals surface area contributed by atoms with Crippen LogP contribution in [0, 0.1) is 0 Å². The molecule has 4 aromatic rings. The Balaban J connectivity index is 1.49. The third-order valence-electron chi connectivity index (χ3n) is 3.82. The van der Waals surface area contributed by atoms with Crippen LogP contribution >= 0.6 is 23.2 Å². The van der Waals surface area contributed by atoms with Gasteiger partial charge in [0.2, 0.25) is 0 Å². The van der Waals surface area contributed by atoms with E-state index in [0.29, 0.717) is 21.5 Å². The molecular weight excluding hydrogens is 375 g/mol. The number of carbonyl (C=O) groups excluding carboxylic acids is 1. The lowest BCUT2D eigenvalue weighted by Gasteiger charge is -2.08. The summed E-state index contributed by atoms with van der Waals surface area (Å²) in [4.78, 5) is 12.1. The Kier molecular flexibility index (Phi) is 4.45. The molecule has 0 saturated carbocycles. The maximum Gasteiger partial charge on any atom is 0.349 e. The summed E-state index contributed by atoms with van der Waals surface area (Å²) >= 11 is 11.8. The third kappa shape index (κ3) is 3.34. The summed E-state index contributed by atoms with van der Waals surface area (Å²) < 4.78 is 16.5. The first-order valence-electron chi connectivity index (χ1n) is 7.80. The number of benzene rings is 3. The summed E-state index contributed by atoms with van der Waals surface area (Å²) in [7, 11) is 0. The smallest absolute Gasteiger partial charge is 0.349 e. The van der Waals surface area contributed by atoms with Crippen LogP contribution in [0.4, 0.5) is 0 Å². The Morgan fingerprint density at radius 2 is 1.73 bits per heavy atom. The maximum absolute atomic E-state index is 12.1. The molecule has 0 aliphatic carbocycles. The van der Waals surface area contributed by atoms with Gasteiger partial charge in [0.1, 0.15) is 22.7 Å². The number of ether oxygens (including phenoxy) is 2. The Labute approximate surface area is 158 Å². The molecule has 0 saturated heterocycles. The average molecular weight is 387 g/mol. The molecule has 26 heavy (non-hydrogen) atoms. The number of rotatable bonds is 4. The van der Waals surface area contributed by atoms with Gasteiger partial charge in [-0.3, -0.25) is 0 Å². The minimum atomic E-state index is -0.539. The van der Waals surface area contributed by atoms with Crippen LogP contribution in [-0.4, -0.2) is 12.6 Å². The van der Waals surface area contributed by atoms with Crippen LogP contribution in [0.2, 0.25) is 10.0 Å². The highest BCUT2D eigenvalue weighted by atomic mass is 35.5. The lowest BCUT2D eigenvalue weighted by molar-refractivity contribution is -0.136. The highest BCUT2D eigenvalue weighted by molar-refractivity contribution is 6.35. The molecule has 1 heterocycles. The molecule has 0 spiro atoms. The van der Waals surface area contributed by atoms with E-state index in [4.69, 9.17) is 37.1 Å². The third-order valence-corrected chi connectivity index (χ3v) is 4.35. The van der Waals surface area contributed by atoms with E-state index in [9.17, 15) is 4.79 Å². The second-order valence-electron chi connectivity index (χ2n) is 5.59. The van der Waals surface area contributed by atoms with Crippen LogP contribution in [0.3, 0.4) is 0 Å². The lowest BCUT2D eigenvalue weighted by atomic mass is 10.1. The Morgan fingerprint density at radius 3 is 2.58 bits per heavy atom. The number of fused-ring (bicyclic) bond motifs is 3. The van der Waals surface area contributed by atoms with Crippen LogP contribution in [0.15, 0.2) is 65.1 Å². The van der Waals surface area contributed by atoms with Gasteiger partial charge in [0.25, 0.3) is 0 Å². The molecule has 0 fully saturated rings. The molecule has 0 aliphatic heterocycles. The summed E-state index contributed by atoms with van der Waals surface area (Å²) in [5.74, 6) is 0.243. The molecular formula is C20H12Cl2O4. The zero-order chi connectivity index (χ0) is 18.1. The van der Waals surface area contributed by atoms with Gasteiger partial charge in [-0.2, -0.15) is 0 Å². The monoisotopic (exact) mass is 386 g/mol. The Morgan fingerprint density at radius 1 is 0.923 bits per heavy atom. The number of carbonyl (C=O) groups is 1. The van der Waals surface area contributed by atoms with Gasteiger partial charge >= 0.3 is 5.97 Å². The van der Waals surface area contributed by atoms with E-state index in [2.05, 4.69) is 0 Å². The molecule has 6 heteroatoms. The van der Waals surface area contributed by atoms with Crippen LogP contribution < -0.4 is 9.47 Å². The predicted molar refractivity (Wildman–Crippen MR) is 101 cm³/mol. The first-order valence-corrected chi connectivity index (χ1v) is 8.55.